The van der Waals surface area contributed by atoms with Crippen LogP contribution >= 0.6 is 0 Å². The van der Waals surface area contributed by atoms with Crippen LogP contribution in [0.2, 0.25) is 0 Å². The van der Waals surface area contributed by atoms with Crippen molar-refractivity contribution in [3.63, 3.8) is 0 Å². The Morgan fingerprint density at radius 1 is 1.26 bits per heavy atom. The molecule has 9 heteroatoms. The molecule has 0 unspecified atom stereocenters. The van der Waals surface area contributed by atoms with Gasteiger partial charge in [-0.25, -0.2) is 4.85 Å². The van der Waals surface area contributed by atoms with Gasteiger partial charge in [-0.3, -0.25) is 9.48 Å². The zero-order valence-electron chi connectivity index (χ0n) is 16.9. The summed E-state index contributed by atoms with van der Waals surface area (Å²) in [5.41, 5.74) is 2.58. The predicted molar refractivity (Wildman–Crippen MR) is 113 cm³/mol. The molecule has 0 saturated heterocycles. The summed E-state index contributed by atoms with van der Waals surface area (Å²) in [6.07, 6.45) is 1.64. The van der Waals surface area contributed by atoms with Gasteiger partial charge in [0.15, 0.2) is 0 Å². The van der Waals surface area contributed by atoms with Crippen LogP contribution < -0.4 is 4.74 Å². The lowest BCUT2D eigenvalue weighted by Gasteiger charge is -2.11. The van der Waals surface area contributed by atoms with Crippen molar-refractivity contribution in [1.82, 2.24) is 19.9 Å². The van der Waals surface area contributed by atoms with Gasteiger partial charge < -0.3 is 14.4 Å². The number of rotatable bonds is 7. The molecule has 0 fully saturated rings. The highest BCUT2D eigenvalue weighted by atomic mass is 16.5. The number of aryl methyl sites for hydroxylation is 1. The van der Waals surface area contributed by atoms with Gasteiger partial charge in [0.1, 0.15) is 5.75 Å². The van der Waals surface area contributed by atoms with E-state index in [-0.39, 0.29) is 12.5 Å². The topological polar surface area (TPSA) is 108 Å². The fourth-order valence-electron chi connectivity index (χ4n) is 3.16. The Balaban J connectivity index is 1.61. The highest BCUT2D eigenvalue weighted by Crippen LogP contribution is 2.34. The molecule has 0 aliphatic carbocycles. The lowest BCUT2D eigenvalue weighted by molar-refractivity contribution is -0.137. The van der Waals surface area contributed by atoms with E-state index in [0.29, 0.717) is 35.3 Å². The second-order valence-corrected chi connectivity index (χ2v) is 7.17. The normalized spacial score (nSPS) is 11.0. The Morgan fingerprint density at radius 3 is 2.81 bits per heavy atom. The van der Waals surface area contributed by atoms with Crippen molar-refractivity contribution in [2.45, 2.75) is 32.9 Å². The summed E-state index contributed by atoms with van der Waals surface area (Å²) in [6.45, 7) is 11.5. The van der Waals surface area contributed by atoms with Crippen LogP contribution in [0.5, 0.6) is 5.75 Å². The monoisotopic (exact) mass is 417 g/mol. The maximum absolute atomic E-state index is 10.8. The Kier molecular flexibility index (Phi) is 5.37. The summed E-state index contributed by atoms with van der Waals surface area (Å²) >= 11 is 0. The van der Waals surface area contributed by atoms with Crippen LogP contribution in [0.4, 0.5) is 5.69 Å². The largest absolute Gasteiger partial charge is 0.502 e. The molecule has 9 nitrogen and oxygen atoms in total. The van der Waals surface area contributed by atoms with Crippen LogP contribution in [0.3, 0.4) is 0 Å². The van der Waals surface area contributed by atoms with Gasteiger partial charge in [-0.2, -0.15) is 10.1 Å². The van der Waals surface area contributed by atoms with Crippen molar-refractivity contribution >= 4 is 22.6 Å². The number of carbonyl (C=O) groups is 1. The first-order valence-electron chi connectivity index (χ1n) is 9.64. The smallest absolute Gasteiger partial charge is 0.305 e. The Bertz CT molecular complexity index is 1300. The van der Waals surface area contributed by atoms with Gasteiger partial charge in [-0.15, -0.1) is 0 Å². The van der Waals surface area contributed by atoms with Crippen LogP contribution in [0, 0.1) is 6.57 Å². The number of nitrogens with zero attached hydrogens (tertiary/aromatic N) is 5. The van der Waals surface area contributed by atoms with E-state index in [9.17, 15) is 4.79 Å². The van der Waals surface area contributed by atoms with Gasteiger partial charge in [0.05, 0.1) is 37.4 Å². The van der Waals surface area contributed by atoms with Crippen molar-refractivity contribution < 1.29 is 19.2 Å². The van der Waals surface area contributed by atoms with Gasteiger partial charge in [0, 0.05) is 16.5 Å². The molecule has 2 aromatic carbocycles. The third-order valence-electron chi connectivity index (χ3n) is 4.55. The second-order valence-electron chi connectivity index (χ2n) is 7.17. The maximum atomic E-state index is 10.8. The summed E-state index contributed by atoms with van der Waals surface area (Å²) in [7, 11) is 0. The fourth-order valence-corrected chi connectivity index (χ4v) is 3.16. The van der Waals surface area contributed by atoms with E-state index in [0.717, 1.165) is 16.5 Å². The van der Waals surface area contributed by atoms with Crippen LogP contribution in [0.15, 0.2) is 47.1 Å². The predicted octanol–water partition coefficient (Wildman–Crippen LogP) is 4.57. The Labute approximate surface area is 177 Å². The zero-order valence-corrected chi connectivity index (χ0v) is 16.9. The third kappa shape index (κ3) is 4.23. The Morgan fingerprint density at radius 2 is 2.06 bits per heavy atom. The first-order chi connectivity index (χ1) is 14.9. The number of carboxylic acid groups (broad SMARTS) is 1. The van der Waals surface area contributed by atoms with Gasteiger partial charge in [0.25, 0.3) is 5.89 Å². The van der Waals surface area contributed by atoms with Crippen molar-refractivity contribution in [3.05, 3.63) is 54.0 Å². The third-order valence-corrected chi connectivity index (χ3v) is 4.55. The van der Waals surface area contributed by atoms with E-state index in [2.05, 4.69) is 20.1 Å². The van der Waals surface area contributed by atoms with E-state index in [1.54, 1.807) is 29.1 Å². The molecular weight excluding hydrogens is 398 g/mol. The van der Waals surface area contributed by atoms with E-state index < -0.39 is 5.97 Å². The van der Waals surface area contributed by atoms with Crippen LogP contribution in [0.1, 0.15) is 20.3 Å². The number of hydrogen-bond donors (Lipinski definition) is 1. The number of carboxylic acids is 1. The highest BCUT2D eigenvalue weighted by molar-refractivity contribution is 5.83. The average molecular weight is 417 g/mol. The highest BCUT2D eigenvalue weighted by Gasteiger charge is 2.15. The number of aromatic nitrogens is 4. The van der Waals surface area contributed by atoms with Crippen molar-refractivity contribution in [2.24, 2.45) is 0 Å². The molecule has 2 heterocycles. The van der Waals surface area contributed by atoms with Crippen molar-refractivity contribution in [3.8, 4) is 28.6 Å². The van der Waals surface area contributed by atoms with E-state index in [1.165, 1.54) is 0 Å². The summed E-state index contributed by atoms with van der Waals surface area (Å²) in [5.74, 6) is 0.346. The fraction of sp³-hybridized carbons (Fsp3) is 0.227. The molecular formula is C22H19N5O4. The number of aliphatic carboxylic acids is 1. The minimum Gasteiger partial charge on any atom is -0.502 e. The molecule has 0 aliphatic rings. The van der Waals surface area contributed by atoms with E-state index in [1.807, 2.05) is 32.0 Å². The number of ether oxygens (including phenoxy) is 1. The van der Waals surface area contributed by atoms with Gasteiger partial charge in [-0.1, -0.05) is 5.16 Å². The molecule has 4 rings (SSSR count). The molecule has 31 heavy (non-hydrogen) atoms. The molecule has 1 N–H and O–H groups in total. The average Bonchev–Trinajstić information content (AvgIpc) is 3.39. The molecule has 0 aliphatic heterocycles. The van der Waals surface area contributed by atoms with Crippen molar-refractivity contribution in [1.29, 1.82) is 0 Å². The van der Waals surface area contributed by atoms with E-state index >= 15 is 0 Å². The SMILES string of the molecule is [C-]#[N+]c1cc(-c2nc(-c3ccc4c(cnn4CCC(=O)O)c3)no2)ccc1OC(C)C. The molecule has 2 aromatic heterocycles. The lowest BCUT2D eigenvalue weighted by Crippen LogP contribution is -2.05. The van der Waals surface area contributed by atoms with Crippen LogP contribution in [0.25, 0.3) is 38.6 Å². The first kappa shape index (κ1) is 20.1. The summed E-state index contributed by atoms with van der Waals surface area (Å²) in [5, 5.41) is 18.0. The van der Waals surface area contributed by atoms with Crippen LogP contribution in [-0.2, 0) is 11.3 Å². The quantitative estimate of drug-likeness (QED) is 0.439. The Hall–Kier alpha value is -4.19. The maximum Gasteiger partial charge on any atom is 0.305 e. The number of fused-ring (bicyclic) bond motifs is 1. The number of benzene rings is 2. The summed E-state index contributed by atoms with van der Waals surface area (Å²) < 4.78 is 12.7. The second kappa shape index (κ2) is 8.28. The molecule has 0 amide bonds. The van der Waals surface area contributed by atoms with Crippen molar-refractivity contribution in [2.75, 3.05) is 0 Å². The van der Waals surface area contributed by atoms with Crippen LogP contribution in [-0.4, -0.2) is 37.1 Å². The molecule has 0 saturated carbocycles. The lowest BCUT2D eigenvalue weighted by atomic mass is 10.1. The summed E-state index contributed by atoms with van der Waals surface area (Å²) in [4.78, 5) is 18.8. The van der Waals surface area contributed by atoms with E-state index in [4.69, 9.17) is 20.9 Å². The standard InChI is InChI=1S/C22H19N5O4/c1-13(2)30-19-7-5-15(11-17(19)23-3)22-25-21(26-31-22)14-4-6-18-16(10-14)12-24-27(18)9-8-20(28)29/h4-7,10-13H,8-9H2,1-2H3,(H,28,29). The molecule has 0 radical (unpaired) electrons. The summed E-state index contributed by atoms with van der Waals surface area (Å²) in [6, 6.07) is 10.7. The molecule has 156 valence electrons. The molecule has 0 atom stereocenters. The number of hydrogen-bond acceptors (Lipinski definition) is 6. The van der Waals surface area contributed by atoms with Gasteiger partial charge in [-0.05, 0) is 50.2 Å². The van der Waals surface area contributed by atoms with Gasteiger partial charge >= 0.3 is 5.97 Å². The molecule has 4 aromatic rings. The molecule has 0 spiro atoms. The van der Waals surface area contributed by atoms with Gasteiger partial charge in [0.2, 0.25) is 11.5 Å². The zero-order chi connectivity index (χ0) is 22.0. The minimum absolute atomic E-state index is 0.000323. The first-order valence-corrected chi connectivity index (χ1v) is 9.64. The minimum atomic E-state index is -0.871. The molecule has 0 bridgehead atoms.